The van der Waals surface area contributed by atoms with Crippen LogP contribution in [0.4, 0.5) is 0 Å². The molecule has 4 amide bonds. The summed E-state index contributed by atoms with van der Waals surface area (Å²) in [6.45, 7) is 6.23. The molecule has 204 valence electrons. The molecule has 0 spiro atoms. The van der Waals surface area contributed by atoms with E-state index >= 15 is 0 Å². The number of carbonyl (C=O) groups is 4. The summed E-state index contributed by atoms with van der Waals surface area (Å²) >= 11 is 0. The highest BCUT2D eigenvalue weighted by molar-refractivity contribution is 6.05. The summed E-state index contributed by atoms with van der Waals surface area (Å²) in [6, 6.07) is 13.4. The van der Waals surface area contributed by atoms with Crippen LogP contribution in [-0.2, 0) is 27.5 Å². The number of hydrogen-bond donors (Lipinski definition) is 1. The van der Waals surface area contributed by atoms with E-state index in [4.69, 9.17) is 4.74 Å². The van der Waals surface area contributed by atoms with Crippen LogP contribution in [0.25, 0.3) is 0 Å². The van der Waals surface area contributed by atoms with E-state index in [-0.39, 0.29) is 36.7 Å². The van der Waals surface area contributed by atoms with Gasteiger partial charge in [-0.3, -0.25) is 29.4 Å². The maximum atomic E-state index is 13.0. The van der Waals surface area contributed by atoms with Crippen LogP contribution >= 0.6 is 0 Å². The van der Waals surface area contributed by atoms with Gasteiger partial charge in [-0.1, -0.05) is 30.3 Å². The van der Waals surface area contributed by atoms with E-state index in [0.29, 0.717) is 30.2 Å². The summed E-state index contributed by atoms with van der Waals surface area (Å²) in [5, 5.41) is 2.34. The molecule has 3 fully saturated rings. The van der Waals surface area contributed by atoms with E-state index < -0.39 is 11.9 Å². The first-order chi connectivity index (χ1) is 18.9. The molecule has 9 nitrogen and oxygen atoms in total. The van der Waals surface area contributed by atoms with Crippen LogP contribution in [0.2, 0.25) is 0 Å². The van der Waals surface area contributed by atoms with Crippen LogP contribution in [0.1, 0.15) is 65.7 Å². The standard InChI is InChI=1S/C30H34N4O5/c1-19(32-13-15-33(16-14-32)29(37)22-9-10-22)21-7-5-20(6-8-21)18-39-26-4-2-3-23-24(26)17-34(30(23)38)25-11-12-27(35)31-28(25)36/h2-8,19,22,25H,9-18H2,1H3,(H,31,35,36)/t19-,25?/m1/s1. The first kappa shape index (κ1) is 25.6. The SMILES string of the molecule is C[C@H](c1ccc(COc2cccc3c2CN(C2CCC(=O)NC2=O)C3=O)cc1)N1CCN(C(=O)C2CC2)CC1. The third-order valence-corrected chi connectivity index (χ3v) is 8.50. The molecule has 1 N–H and O–H groups in total. The number of fused-ring (bicyclic) bond motifs is 1. The predicted molar refractivity (Wildman–Crippen MR) is 143 cm³/mol. The number of imide groups is 1. The molecule has 1 saturated carbocycles. The number of ether oxygens (including phenoxy) is 1. The molecule has 4 aliphatic rings. The van der Waals surface area contributed by atoms with Gasteiger partial charge in [0.25, 0.3) is 5.91 Å². The summed E-state index contributed by atoms with van der Waals surface area (Å²) in [7, 11) is 0. The maximum Gasteiger partial charge on any atom is 0.255 e. The number of nitrogens with one attached hydrogen (secondary N) is 1. The Kier molecular flexibility index (Phi) is 6.85. The van der Waals surface area contributed by atoms with Crippen molar-refractivity contribution >= 4 is 23.6 Å². The summed E-state index contributed by atoms with van der Waals surface area (Å²) < 4.78 is 6.16. The second-order valence-corrected chi connectivity index (χ2v) is 11.0. The van der Waals surface area contributed by atoms with Crippen molar-refractivity contribution in [3.8, 4) is 5.75 Å². The molecule has 2 aromatic carbocycles. The fourth-order valence-electron chi connectivity index (χ4n) is 5.87. The Hall–Kier alpha value is -3.72. The number of carbonyl (C=O) groups excluding carboxylic acids is 4. The van der Waals surface area contributed by atoms with Gasteiger partial charge in [0, 0.05) is 55.7 Å². The van der Waals surface area contributed by atoms with Gasteiger partial charge in [0.05, 0.1) is 6.54 Å². The lowest BCUT2D eigenvalue weighted by molar-refractivity contribution is -0.137. The van der Waals surface area contributed by atoms with Gasteiger partial charge in [0.2, 0.25) is 17.7 Å². The van der Waals surface area contributed by atoms with Crippen LogP contribution in [0.3, 0.4) is 0 Å². The molecule has 3 heterocycles. The van der Waals surface area contributed by atoms with Crippen molar-refractivity contribution in [1.82, 2.24) is 20.0 Å². The number of nitrogens with zero attached hydrogens (tertiary/aromatic N) is 3. The van der Waals surface area contributed by atoms with E-state index in [1.165, 1.54) is 10.5 Å². The summed E-state index contributed by atoms with van der Waals surface area (Å²) in [5.41, 5.74) is 3.57. The minimum absolute atomic E-state index is 0.207. The number of amides is 4. The smallest absolute Gasteiger partial charge is 0.255 e. The molecular weight excluding hydrogens is 496 g/mol. The van der Waals surface area contributed by atoms with Crippen molar-refractivity contribution in [2.45, 2.75) is 57.8 Å². The number of hydrogen-bond acceptors (Lipinski definition) is 6. The Morgan fingerprint density at radius 3 is 2.44 bits per heavy atom. The van der Waals surface area contributed by atoms with Gasteiger partial charge in [-0.25, -0.2) is 0 Å². The molecule has 0 radical (unpaired) electrons. The highest BCUT2D eigenvalue weighted by atomic mass is 16.5. The van der Waals surface area contributed by atoms with Crippen molar-refractivity contribution in [2.24, 2.45) is 5.92 Å². The third-order valence-electron chi connectivity index (χ3n) is 8.50. The highest BCUT2D eigenvalue weighted by Crippen LogP contribution is 2.34. The quantitative estimate of drug-likeness (QED) is 0.553. The van der Waals surface area contributed by atoms with Gasteiger partial charge in [-0.2, -0.15) is 0 Å². The monoisotopic (exact) mass is 530 g/mol. The Morgan fingerprint density at radius 2 is 1.74 bits per heavy atom. The zero-order chi connectivity index (χ0) is 27.1. The molecule has 9 heteroatoms. The zero-order valence-corrected chi connectivity index (χ0v) is 22.2. The van der Waals surface area contributed by atoms with Gasteiger partial charge < -0.3 is 14.5 Å². The Bertz CT molecular complexity index is 1300. The molecule has 3 aliphatic heterocycles. The summed E-state index contributed by atoms with van der Waals surface area (Å²) in [5.74, 6) is 0.326. The minimum Gasteiger partial charge on any atom is -0.489 e. The van der Waals surface area contributed by atoms with Crippen molar-refractivity contribution in [1.29, 1.82) is 0 Å². The molecule has 0 bridgehead atoms. The molecular formula is C30H34N4O5. The normalized spacial score (nSPS) is 22.5. The highest BCUT2D eigenvalue weighted by Gasteiger charge is 2.40. The predicted octanol–water partition coefficient (Wildman–Crippen LogP) is 2.64. The zero-order valence-electron chi connectivity index (χ0n) is 22.2. The molecule has 39 heavy (non-hydrogen) atoms. The van der Waals surface area contributed by atoms with Crippen molar-refractivity contribution in [2.75, 3.05) is 26.2 Å². The minimum atomic E-state index is -0.647. The maximum absolute atomic E-state index is 13.0. The first-order valence-electron chi connectivity index (χ1n) is 13.9. The fraction of sp³-hybridized carbons (Fsp3) is 0.467. The van der Waals surface area contributed by atoms with Crippen LogP contribution in [-0.4, -0.2) is 70.5 Å². The van der Waals surface area contributed by atoms with E-state index in [9.17, 15) is 19.2 Å². The second kappa shape index (κ2) is 10.4. The molecule has 0 aromatic heterocycles. The van der Waals surface area contributed by atoms with Gasteiger partial charge in [0.1, 0.15) is 18.4 Å². The van der Waals surface area contributed by atoms with Gasteiger partial charge in [-0.15, -0.1) is 0 Å². The average Bonchev–Trinajstić information content (AvgIpc) is 3.75. The fourth-order valence-corrected chi connectivity index (χ4v) is 5.87. The van der Waals surface area contributed by atoms with Crippen molar-refractivity contribution < 1.29 is 23.9 Å². The first-order valence-corrected chi connectivity index (χ1v) is 13.9. The molecule has 2 saturated heterocycles. The molecule has 6 rings (SSSR count). The summed E-state index contributed by atoms with van der Waals surface area (Å²) in [4.78, 5) is 55.3. The van der Waals surface area contributed by atoms with E-state index in [1.54, 1.807) is 12.1 Å². The molecule has 2 aromatic rings. The van der Waals surface area contributed by atoms with Crippen LogP contribution < -0.4 is 10.1 Å². The number of benzene rings is 2. The Balaban J connectivity index is 1.05. The molecule has 1 aliphatic carbocycles. The van der Waals surface area contributed by atoms with Gasteiger partial charge in [0.15, 0.2) is 0 Å². The van der Waals surface area contributed by atoms with Crippen LogP contribution in [0.5, 0.6) is 5.75 Å². The van der Waals surface area contributed by atoms with Crippen LogP contribution in [0, 0.1) is 5.92 Å². The lowest BCUT2D eigenvalue weighted by Crippen LogP contribution is -2.52. The van der Waals surface area contributed by atoms with E-state index in [2.05, 4.69) is 41.4 Å². The van der Waals surface area contributed by atoms with Crippen molar-refractivity contribution in [3.63, 3.8) is 0 Å². The molecule has 1 unspecified atom stereocenters. The van der Waals surface area contributed by atoms with E-state index in [1.807, 2.05) is 11.0 Å². The second-order valence-electron chi connectivity index (χ2n) is 11.0. The third kappa shape index (κ3) is 5.15. The van der Waals surface area contributed by atoms with Crippen LogP contribution in [0.15, 0.2) is 42.5 Å². The number of piperazine rings is 1. The number of rotatable bonds is 7. The average molecular weight is 531 g/mol. The van der Waals surface area contributed by atoms with Gasteiger partial charge >= 0.3 is 0 Å². The van der Waals surface area contributed by atoms with Gasteiger partial charge in [-0.05, 0) is 49.4 Å². The van der Waals surface area contributed by atoms with E-state index in [0.717, 1.165) is 50.1 Å². The topological polar surface area (TPSA) is 99.3 Å². The Labute approximate surface area is 228 Å². The lowest BCUT2D eigenvalue weighted by atomic mass is 10.0. The summed E-state index contributed by atoms with van der Waals surface area (Å²) in [6.07, 6.45) is 2.67. The number of piperidine rings is 1. The lowest BCUT2D eigenvalue weighted by Gasteiger charge is -2.38. The largest absolute Gasteiger partial charge is 0.489 e. The Morgan fingerprint density at radius 1 is 1.00 bits per heavy atom. The van der Waals surface area contributed by atoms with Crippen molar-refractivity contribution in [3.05, 3.63) is 64.7 Å². The molecule has 2 atom stereocenters.